The van der Waals surface area contributed by atoms with Gasteiger partial charge in [-0.3, -0.25) is 20.4 Å². The van der Waals surface area contributed by atoms with E-state index in [1.165, 1.54) is 13.0 Å². The van der Waals surface area contributed by atoms with E-state index < -0.39 is 23.5 Å². The topological polar surface area (TPSA) is 97.6 Å². The number of hydrogen-bond donors (Lipinski definition) is 2. The second-order valence-electron chi connectivity index (χ2n) is 5.62. The van der Waals surface area contributed by atoms with Crippen molar-refractivity contribution in [3.8, 4) is 5.75 Å². The van der Waals surface area contributed by atoms with Crippen molar-refractivity contribution in [3.05, 3.63) is 75.1 Å². The Kier molecular flexibility index (Phi) is 5.56. The highest BCUT2D eigenvalue weighted by atomic mass is 79.9. The monoisotopic (exact) mass is 430 g/mol. The Balaban J connectivity index is 1.65. The normalized spacial score (nSPS) is 11.6. The first-order valence-corrected chi connectivity index (χ1v) is 8.79. The number of halogens is 1. The van der Waals surface area contributed by atoms with Crippen molar-refractivity contribution in [2.45, 2.75) is 13.0 Å². The third-order valence-electron chi connectivity index (χ3n) is 3.69. The number of amides is 2. The summed E-state index contributed by atoms with van der Waals surface area (Å²) in [6.45, 7) is 1.53. The highest BCUT2D eigenvalue weighted by Gasteiger charge is 2.18. The molecule has 0 aliphatic heterocycles. The fraction of sp³-hybridized carbons (Fsp3) is 0.105. The number of carbonyl (C=O) groups excluding carboxylic acids is 2. The number of carbonyl (C=O) groups is 2. The summed E-state index contributed by atoms with van der Waals surface area (Å²) in [7, 11) is 0. The van der Waals surface area contributed by atoms with Crippen LogP contribution in [0, 0.1) is 0 Å². The average Bonchev–Trinajstić information content (AvgIpc) is 2.67. The van der Waals surface area contributed by atoms with E-state index in [2.05, 4.69) is 26.8 Å². The molecule has 0 aliphatic rings. The van der Waals surface area contributed by atoms with E-state index >= 15 is 0 Å². The molecule has 0 unspecified atom stereocenters. The number of fused-ring (bicyclic) bond motifs is 1. The first-order valence-electron chi connectivity index (χ1n) is 8.00. The molecule has 1 aromatic heterocycles. The van der Waals surface area contributed by atoms with E-state index in [-0.39, 0.29) is 5.56 Å². The Morgan fingerprint density at radius 2 is 1.78 bits per heavy atom. The largest absolute Gasteiger partial charge is 0.480 e. The van der Waals surface area contributed by atoms with Gasteiger partial charge in [0.05, 0.1) is 4.47 Å². The zero-order valence-electron chi connectivity index (χ0n) is 14.2. The Morgan fingerprint density at radius 3 is 2.56 bits per heavy atom. The number of para-hydroxylation sites is 2. The summed E-state index contributed by atoms with van der Waals surface area (Å²) >= 11 is 3.32. The average molecular weight is 431 g/mol. The predicted octanol–water partition coefficient (Wildman–Crippen LogP) is 2.78. The lowest BCUT2D eigenvalue weighted by Gasteiger charge is -2.15. The van der Waals surface area contributed by atoms with Crippen molar-refractivity contribution >= 4 is 38.7 Å². The zero-order chi connectivity index (χ0) is 19.4. The third kappa shape index (κ3) is 4.35. The highest BCUT2D eigenvalue weighted by molar-refractivity contribution is 9.10. The fourth-order valence-electron chi connectivity index (χ4n) is 2.29. The van der Waals surface area contributed by atoms with Crippen LogP contribution in [0.2, 0.25) is 0 Å². The molecule has 7 nitrogen and oxygen atoms in total. The Morgan fingerprint density at radius 1 is 1.07 bits per heavy atom. The van der Waals surface area contributed by atoms with Gasteiger partial charge in [-0.15, -0.1) is 0 Å². The Labute approximate surface area is 162 Å². The summed E-state index contributed by atoms with van der Waals surface area (Å²) in [5.74, 6) is -0.873. The van der Waals surface area contributed by atoms with Crippen LogP contribution in [0.3, 0.4) is 0 Å². The van der Waals surface area contributed by atoms with Crippen LogP contribution < -0.4 is 21.2 Å². The van der Waals surface area contributed by atoms with Gasteiger partial charge >= 0.3 is 5.63 Å². The van der Waals surface area contributed by atoms with Gasteiger partial charge in [-0.25, -0.2) is 4.79 Å². The molecule has 0 radical (unpaired) electrons. The molecule has 0 saturated carbocycles. The van der Waals surface area contributed by atoms with Gasteiger partial charge in [0.1, 0.15) is 16.9 Å². The van der Waals surface area contributed by atoms with Crippen molar-refractivity contribution < 1.29 is 18.7 Å². The van der Waals surface area contributed by atoms with E-state index in [9.17, 15) is 14.4 Å². The lowest BCUT2D eigenvalue weighted by atomic mass is 10.2. The molecule has 2 N–H and O–H groups in total. The molecule has 1 heterocycles. The van der Waals surface area contributed by atoms with Crippen LogP contribution in [0.4, 0.5) is 0 Å². The van der Waals surface area contributed by atoms with Crippen molar-refractivity contribution in [3.63, 3.8) is 0 Å². The van der Waals surface area contributed by atoms with Crippen molar-refractivity contribution in [1.29, 1.82) is 0 Å². The number of benzene rings is 2. The lowest BCUT2D eigenvalue weighted by Crippen LogP contribution is -2.48. The molecule has 27 heavy (non-hydrogen) atoms. The van der Waals surface area contributed by atoms with Crippen molar-refractivity contribution in [2.75, 3.05) is 0 Å². The van der Waals surface area contributed by atoms with E-state index in [0.29, 0.717) is 21.2 Å². The number of hydrazine groups is 1. The SMILES string of the molecule is C[C@H](Oc1ccccc1Br)C(=O)NNC(=O)c1cc2ccccc2oc1=O. The number of hydrogen-bond acceptors (Lipinski definition) is 5. The minimum absolute atomic E-state index is 0.214. The maximum atomic E-state index is 12.2. The minimum Gasteiger partial charge on any atom is -0.480 e. The maximum Gasteiger partial charge on any atom is 0.349 e. The molecule has 0 fully saturated rings. The van der Waals surface area contributed by atoms with Gasteiger partial charge in [-0.05, 0) is 47.1 Å². The van der Waals surface area contributed by atoms with Crippen LogP contribution in [-0.2, 0) is 4.79 Å². The highest BCUT2D eigenvalue weighted by Crippen LogP contribution is 2.24. The maximum absolute atomic E-state index is 12.2. The zero-order valence-corrected chi connectivity index (χ0v) is 15.8. The quantitative estimate of drug-likeness (QED) is 0.489. The van der Waals surface area contributed by atoms with Crippen molar-refractivity contribution in [2.24, 2.45) is 0 Å². The van der Waals surface area contributed by atoms with Gasteiger partial charge in [0.2, 0.25) is 0 Å². The Bertz CT molecular complexity index is 1060. The van der Waals surface area contributed by atoms with Gasteiger partial charge in [-0.1, -0.05) is 30.3 Å². The second-order valence-corrected chi connectivity index (χ2v) is 6.47. The molecule has 0 spiro atoms. The standard InChI is InChI=1S/C19H15BrN2O5/c1-11(26-16-9-5-3-7-14(16)20)17(23)21-22-18(24)13-10-12-6-2-4-8-15(12)27-19(13)25/h2-11H,1H3,(H,21,23)(H,22,24)/t11-/m0/s1. The molecule has 138 valence electrons. The minimum atomic E-state index is -0.878. The van der Waals surface area contributed by atoms with E-state index in [4.69, 9.17) is 9.15 Å². The second kappa shape index (κ2) is 8.05. The van der Waals surface area contributed by atoms with Crippen LogP contribution in [0.15, 0.2) is 68.3 Å². The molecule has 8 heteroatoms. The van der Waals surface area contributed by atoms with Gasteiger partial charge < -0.3 is 9.15 Å². The molecule has 1 atom stereocenters. The van der Waals surface area contributed by atoms with Crippen LogP contribution in [0.1, 0.15) is 17.3 Å². The summed E-state index contributed by atoms with van der Waals surface area (Å²) < 4.78 is 11.3. The van der Waals surface area contributed by atoms with Gasteiger partial charge in [0.15, 0.2) is 6.10 Å². The smallest absolute Gasteiger partial charge is 0.349 e. The first-order chi connectivity index (χ1) is 13.0. The molecular weight excluding hydrogens is 416 g/mol. The number of nitrogens with one attached hydrogen (secondary N) is 2. The summed E-state index contributed by atoms with van der Waals surface area (Å²) in [4.78, 5) is 36.3. The van der Waals surface area contributed by atoms with Crippen LogP contribution >= 0.6 is 15.9 Å². The molecule has 3 aromatic rings. The summed E-state index contributed by atoms with van der Waals surface area (Å²) in [5.41, 5.74) is 3.80. The third-order valence-corrected chi connectivity index (χ3v) is 4.35. The van der Waals surface area contributed by atoms with E-state index in [1.54, 1.807) is 42.5 Å². The van der Waals surface area contributed by atoms with Gasteiger partial charge in [0.25, 0.3) is 11.8 Å². The summed E-state index contributed by atoms with van der Waals surface area (Å²) in [6.07, 6.45) is -0.878. The van der Waals surface area contributed by atoms with Gasteiger partial charge in [0, 0.05) is 5.39 Å². The Hall–Kier alpha value is -3.13. The van der Waals surface area contributed by atoms with Gasteiger partial charge in [-0.2, -0.15) is 0 Å². The molecule has 2 aromatic carbocycles. The summed E-state index contributed by atoms with van der Waals surface area (Å²) in [5, 5.41) is 0.596. The van der Waals surface area contributed by atoms with Crippen LogP contribution in [0.5, 0.6) is 5.75 Å². The molecule has 0 aliphatic carbocycles. The van der Waals surface area contributed by atoms with E-state index in [1.807, 2.05) is 6.07 Å². The lowest BCUT2D eigenvalue weighted by molar-refractivity contribution is -0.128. The fourth-order valence-corrected chi connectivity index (χ4v) is 2.67. The van der Waals surface area contributed by atoms with Crippen LogP contribution in [-0.4, -0.2) is 17.9 Å². The molecule has 2 amide bonds. The summed E-state index contributed by atoms with van der Waals surface area (Å²) in [6, 6.07) is 15.3. The number of ether oxygens (including phenoxy) is 1. The molecular formula is C19H15BrN2O5. The predicted molar refractivity (Wildman–Crippen MR) is 102 cm³/mol. The van der Waals surface area contributed by atoms with E-state index in [0.717, 1.165) is 0 Å². The first kappa shape index (κ1) is 18.7. The molecule has 0 bridgehead atoms. The molecule has 3 rings (SSSR count). The number of rotatable bonds is 4. The van der Waals surface area contributed by atoms with Crippen LogP contribution in [0.25, 0.3) is 11.0 Å². The molecule has 0 saturated heterocycles. The van der Waals surface area contributed by atoms with Crippen molar-refractivity contribution in [1.82, 2.24) is 10.9 Å².